The predicted molar refractivity (Wildman–Crippen MR) is 94.6 cm³/mol. The van der Waals surface area contributed by atoms with Crippen LogP contribution in [0.15, 0.2) is 48.5 Å². The lowest BCUT2D eigenvalue weighted by molar-refractivity contribution is -0.117. The van der Waals surface area contributed by atoms with E-state index in [-0.39, 0.29) is 18.2 Å². The average Bonchev–Trinajstić information content (AvgIpc) is 2.53. The first-order valence-electron chi connectivity index (χ1n) is 7.20. The molecule has 2 aromatic carbocycles. The number of carbonyl (C=O) groups excluding carboxylic acids is 2. The van der Waals surface area contributed by atoms with Crippen molar-refractivity contribution in [1.82, 2.24) is 0 Å². The zero-order valence-electron chi connectivity index (χ0n) is 12.9. The number of para-hydroxylation sites is 1. The quantitative estimate of drug-likeness (QED) is 0.588. The largest absolute Gasteiger partial charge is 0.303 e. The van der Waals surface area contributed by atoms with Crippen molar-refractivity contribution in [2.45, 2.75) is 19.2 Å². The highest BCUT2D eigenvalue weighted by atomic mass is 35.5. The standard InChI is InChI=1S/C18H17Cl2NO2/c1-12-5-3-4-6-16(12)21(18(23)13(2)19)11-17(22)14-7-9-15(20)10-8-14/h3-10,13H,11H2,1-2H3. The summed E-state index contributed by atoms with van der Waals surface area (Å²) in [5.41, 5.74) is 2.09. The molecule has 0 fully saturated rings. The van der Waals surface area contributed by atoms with Crippen molar-refractivity contribution in [2.24, 2.45) is 0 Å². The van der Waals surface area contributed by atoms with E-state index in [2.05, 4.69) is 0 Å². The van der Waals surface area contributed by atoms with Crippen LogP contribution in [0.3, 0.4) is 0 Å². The van der Waals surface area contributed by atoms with Crippen LogP contribution in [0.2, 0.25) is 5.02 Å². The van der Waals surface area contributed by atoms with E-state index in [0.29, 0.717) is 16.3 Å². The topological polar surface area (TPSA) is 37.4 Å². The predicted octanol–water partition coefficient (Wildman–Crippen LogP) is 4.49. The van der Waals surface area contributed by atoms with Gasteiger partial charge in [0, 0.05) is 16.3 Å². The van der Waals surface area contributed by atoms with E-state index in [1.165, 1.54) is 4.90 Å². The fourth-order valence-corrected chi connectivity index (χ4v) is 2.48. The Kier molecular flexibility index (Phi) is 5.80. The second-order valence-electron chi connectivity index (χ2n) is 5.26. The summed E-state index contributed by atoms with van der Waals surface area (Å²) < 4.78 is 0. The van der Waals surface area contributed by atoms with Gasteiger partial charge >= 0.3 is 0 Å². The number of benzene rings is 2. The third-order valence-corrected chi connectivity index (χ3v) is 3.92. The highest BCUT2D eigenvalue weighted by molar-refractivity contribution is 6.33. The molecular formula is C18H17Cl2NO2. The Morgan fingerprint density at radius 1 is 1.09 bits per heavy atom. The summed E-state index contributed by atoms with van der Waals surface area (Å²) in [7, 11) is 0. The Morgan fingerprint density at radius 2 is 1.70 bits per heavy atom. The van der Waals surface area contributed by atoms with Crippen molar-refractivity contribution in [2.75, 3.05) is 11.4 Å². The normalized spacial score (nSPS) is 11.8. The minimum Gasteiger partial charge on any atom is -0.303 e. The molecule has 0 radical (unpaired) electrons. The van der Waals surface area contributed by atoms with E-state index in [4.69, 9.17) is 23.2 Å². The van der Waals surface area contributed by atoms with Crippen LogP contribution in [0.4, 0.5) is 5.69 Å². The van der Waals surface area contributed by atoms with Gasteiger partial charge in [-0.05, 0) is 49.7 Å². The van der Waals surface area contributed by atoms with Gasteiger partial charge in [0.25, 0.3) is 0 Å². The molecule has 0 aromatic heterocycles. The molecule has 0 bridgehead atoms. The van der Waals surface area contributed by atoms with Gasteiger partial charge in [-0.15, -0.1) is 11.6 Å². The van der Waals surface area contributed by atoms with Crippen LogP contribution >= 0.6 is 23.2 Å². The van der Waals surface area contributed by atoms with E-state index in [1.54, 1.807) is 31.2 Å². The Bertz CT molecular complexity index is 711. The summed E-state index contributed by atoms with van der Waals surface area (Å²) in [5, 5.41) is -0.157. The zero-order valence-corrected chi connectivity index (χ0v) is 14.4. The van der Waals surface area contributed by atoms with Crippen molar-refractivity contribution in [3.8, 4) is 0 Å². The van der Waals surface area contributed by atoms with Crippen LogP contribution in [0.25, 0.3) is 0 Å². The summed E-state index contributed by atoms with van der Waals surface area (Å²) in [6.07, 6.45) is 0. The van der Waals surface area contributed by atoms with Gasteiger partial charge in [-0.25, -0.2) is 0 Å². The highest BCUT2D eigenvalue weighted by Crippen LogP contribution is 2.22. The molecule has 0 aliphatic rings. The second-order valence-corrected chi connectivity index (χ2v) is 6.35. The summed E-state index contributed by atoms with van der Waals surface area (Å²) in [4.78, 5) is 26.4. The molecule has 0 saturated carbocycles. The molecule has 23 heavy (non-hydrogen) atoms. The maximum atomic E-state index is 12.5. The van der Waals surface area contributed by atoms with E-state index in [0.717, 1.165) is 5.56 Å². The maximum Gasteiger partial charge on any atom is 0.245 e. The van der Waals surface area contributed by atoms with Crippen LogP contribution in [-0.2, 0) is 4.79 Å². The van der Waals surface area contributed by atoms with E-state index < -0.39 is 5.38 Å². The van der Waals surface area contributed by atoms with Gasteiger partial charge < -0.3 is 4.90 Å². The molecule has 0 N–H and O–H groups in total. The fourth-order valence-electron chi connectivity index (χ4n) is 2.23. The van der Waals surface area contributed by atoms with Gasteiger partial charge in [0.1, 0.15) is 5.38 Å². The molecule has 1 unspecified atom stereocenters. The molecule has 1 atom stereocenters. The number of nitrogens with zero attached hydrogens (tertiary/aromatic N) is 1. The van der Waals surface area contributed by atoms with Crippen LogP contribution in [0.5, 0.6) is 0 Å². The monoisotopic (exact) mass is 349 g/mol. The molecule has 120 valence electrons. The number of hydrogen-bond acceptors (Lipinski definition) is 2. The van der Waals surface area contributed by atoms with E-state index in [9.17, 15) is 9.59 Å². The first kappa shape index (κ1) is 17.5. The van der Waals surface area contributed by atoms with Crippen LogP contribution in [0.1, 0.15) is 22.8 Å². The highest BCUT2D eigenvalue weighted by Gasteiger charge is 2.24. The molecule has 0 saturated heterocycles. The van der Waals surface area contributed by atoms with Crippen molar-refractivity contribution in [3.05, 3.63) is 64.7 Å². The molecule has 0 spiro atoms. The molecule has 5 heteroatoms. The fraction of sp³-hybridized carbons (Fsp3) is 0.222. The lowest BCUT2D eigenvalue weighted by Crippen LogP contribution is -2.40. The Balaban J connectivity index is 2.31. The Hall–Kier alpha value is -1.84. The maximum absolute atomic E-state index is 12.5. The smallest absolute Gasteiger partial charge is 0.245 e. The van der Waals surface area contributed by atoms with Crippen molar-refractivity contribution in [1.29, 1.82) is 0 Å². The molecule has 2 aromatic rings. The average molecular weight is 350 g/mol. The van der Waals surface area contributed by atoms with Gasteiger partial charge in [-0.3, -0.25) is 9.59 Å². The van der Waals surface area contributed by atoms with Crippen LogP contribution < -0.4 is 4.90 Å². The molecule has 0 heterocycles. The first-order valence-corrected chi connectivity index (χ1v) is 8.01. The summed E-state index contributed by atoms with van der Waals surface area (Å²) >= 11 is 11.8. The Morgan fingerprint density at radius 3 is 2.26 bits per heavy atom. The van der Waals surface area contributed by atoms with E-state index in [1.807, 2.05) is 31.2 Å². The third kappa shape index (κ3) is 4.34. The van der Waals surface area contributed by atoms with Gasteiger partial charge in [-0.1, -0.05) is 29.8 Å². The minimum absolute atomic E-state index is 0.0671. The molecule has 2 rings (SSSR count). The van der Waals surface area contributed by atoms with Crippen LogP contribution in [0, 0.1) is 6.92 Å². The molecular weight excluding hydrogens is 333 g/mol. The van der Waals surface area contributed by atoms with Gasteiger partial charge in [0.05, 0.1) is 6.54 Å². The molecule has 0 aliphatic heterocycles. The lowest BCUT2D eigenvalue weighted by atomic mass is 10.1. The number of aryl methyl sites for hydroxylation is 1. The summed E-state index contributed by atoms with van der Waals surface area (Å²) in [5.74, 6) is -0.473. The van der Waals surface area contributed by atoms with Crippen LogP contribution in [-0.4, -0.2) is 23.6 Å². The number of alkyl halides is 1. The number of rotatable bonds is 5. The summed E-state index contributed by atoms with van der Waals surface area (Å²) in [6.45, 7) is 3.42. The van der Waals surface area contributed by atoms with Gasteiger partial charge in [0.15, 0.2) is 5.78 Å². The number of Topliss-reactive ketones (excluding diaryl/α,β-unsaturated/α-hetero) is 1. The SMILES string of the molecule is Cc1ccccc1N(CC(=O)c1ccc(Cl)cc1)C(=O)C(C)Cl. The number of amides is 1. The zero-order chi connectivity index (χ0) is 17.0. The molecule has 3 nitrogen and oxygen atoms in total. The number of hydrogen-bond donors (Lipinski definition) is 0. The second kappa shape index (κ2) is 7.62. The van der Waals surface area contributed by atoms with Crippen molar-refractivity contribution in [3.63, 3.8) is 0 Å². The van der Waals surface area contributed by atoms with E-state index >= 15 is 0 Å². The number of anilines is 1. The molecule has 0 aliphatic carbocycles. The number of halogens is 2. The van der Waals surface area contributed by atoms with Gasteiger partial charge in [-0.2, -0.15) is 0 Å². The minimum atomic E-state index is -0.715. The first-order chi connectivity index (χ1) is 10.9. The van der Waals surface area contributed by atoms with Crippen molar-refractivity contribution < 1.29 is 9.59 Å². The third-order valence-electron chi connectivity index (χ3n) is 3.48. The number of carbonyl (C=O) groups is 2. The summed E-state index contributed by atoms with van der Waals surface area (Å²) in [6, 6.07) is 14.0. The van der Waals surface area contributed by atoms with Crippen molar-refractivity contribution >= 4 is 40.6 Å². The lowest BCUT2D eigenvalue weighted by Gasteiger charge is -2.25. The molecule has 1 amide bonds. The van der Waals surface area contributed by atoms with Gasteiger partial charge in [0.2, 0.25) is 5.91 Å². The Labute approximate surface area is 145 Å². The number of ketones is 1.